The minimum absolute atomic E-state index is 0.0146. The third kappa shape index (κ3) is 4.73. The van der Waals surface area contributed by atoms with E-state index in [0.29, 0.717) is 19.3 Å². The first kappa shape index (κ1) is 21.2. The molecule has 8 nitrogen and oxygen atoms in total. The molecule has 28 heavy (non-hydrogen) atoms. The average Bonchev–Trinajstić information content (AvgIpc) is 3.31. The Balaban J connectivity index is 1.61. The molecule has 3 atom stereocenters. The molecule has 0 bridgehead atoms. The van der Waals surface area contributed by atoms with Crippen molar-refractivity contribution in [3.05, 3.63) is 24.3 Å². The lowest BCUT2D eigenvalue weighted by Gasteiger charge is -2.24. The molecule has 0 aromatic heterocycles. The van der Waals surface area contributed by atoms with E-state index in [-0.39, 0.29) is 27.7 Å². The Morgan fingerprint density at radius 3 is 2.21 bits per heavy atom. The quantitative estimate of drug-likeness (QED) is 0.677. The van der Waals surface area contributed by atoms with E-state index in [4.69, 9.17) is 5.73 Å². The highest BCUT2D eigenvalue weighted by Crippen LogP contribution is 2.30. The molecule has 3 N–H and O–H groups in total. The fourth-order valence-corrected chi connectivity index (χ4v) is 5.87. The average molecular weight is 430 g/mol. The topological polar surface area (TPSA) is 127 Å². The summed E-state index contributed by atoms with van der Waals surface area (Å²) in [7, 11) is -7.16. The predicted molar refractivity (Wildman–Crippen MR) is 105 cm³/mol. The van der Waals surface area contributed by atoms with Gasteiger partial charge in [-0.3, -0.25) is 4.79 Å². The lowest BCUT2D eigenvalue weighted by atomic mass is 9.97. The van der Waals surface area contributed by atoms with Crippen LogP contribution in [0, 0.1) is 5.92 Å². The SMILES string of the molecule is CS(=O)(=O)c1ccc(S(=O)(=O)N[C@@H]2CC[C@@H](C(N)C(=O)N3CCCC3)C2)cc1. The van der Waals surface area contributed by atoms with E-state index in [2.05, 4.69) is 4.72 Å². The number of sulfonamides is 1. The molecule has 10 heteroatoms. The van der Waals surface area contributed by atoms with Gasteiger partial charge in [0.25, 0.3) is 0 Å². The number of carbonyl (C=O) groups excluding carboxylic acids is 1. The van der Waals surface area contributed by atoms with Gasteiger partial charge in [-0.15, -0.1) is 0 Å². The van der Waals surface area contributed by atoms with Gasteiger partial charge in [-0.25, -0.2) is 21.6 Å². The second-order valence-electron chi connectivity index (χ2n) is 7.69. The molecular weight excluding hydrogens is 402 g/mol. The van der Waals surface area contributed by atoms with Crippen molar-refractivity contribution in [2.24, 2.45) is 11.7 Å². The number of benzene rings is 1. The van der Waals surface area contributed by atoms with Gasteiger partial charge in [-0.2, -0.15) is 0 Å². The van der Waals surface area contributed by atoms with Gasteiger partial charge in [-0.05, 0) is 62.3 Å². The number of nitrogens with two attached hydrogens (primary N) is 1. The van der Waals surface area contributed by atoms with Crippen LogP contribution in [0.15, 0.2) is 34.1 Å². The molecule has 1 amide bonds. The lowest BCUT2D eigenvalue weighted by Crippen LogP contribution is -2.46. The van der Waals surface area contributed by atoms with Crippen molar-refractivity contribution in [1.29, 1.82) is 0 Å². The molecule has 1 heterocycles. The number of nitrogens with zero attached hydrogens (tertiary/aromatic N) is 1. The van der Waals surface area contributed by atoms with Crippen LogP contribution in [0.4, 0.5) is 0 Å². The van der Waals surface area contributed by atoms with E-state index in [9.17, 15) is 21.6 Å². The first-order valence-corrected chi connectivity index (χ1v) is 12.8. The van der Waals surface area contributed by atoms with Crippen molar-refractivity contribution in [2.45, 2.75) is 54.0 Å². The highest BCUT2D eigenvalue weighted by atomic mass is 32.2. The first-order chi connectivity index (χ1) is 13.1. The van der Waals surface area contributed by atoms with E-state index in [1.807, 2.05) is 0 Å². The Morgan fingerprint density at radius 1 is 1.07 bits per heavy atom. The number of hydrogen-bond donors (Lipinski definition) is 2. The van der Waals surface area contributed by atoms with Gasteiger partial charge in [0.05, 0.1) is 15.8 Å². The van der Waals surface area contributed by atoms with Crippen LogP contribution in [-0.2, 0) is 24.7 Å². The summed E-state index contributed by atoms with van der Waals surface area (Å²) in [5, 5.41) is 0. The molecule has 1 aliphatic heterocycles. The van der Waals surface area contributed by atoms with Gasteiger partial charge < -0.3 is 10.6 Å². The highest BCUT2D eigenvalue weighted by molar-refractivity contribution is 7.90. The Morgan fingerprint density at radius 2 is 1.64 bits per heavy atom. The monoisotopic (exact) mass is 429 g/mol. The number of carbonyl (C=O) groups is 1. The number of likely N-dealkylation sites (tertiary alicyclic amines) is 1. The summed E-state index contributed by atoms with van der Waals surface area (Å²) in [5.74, 6) is -0.0872. The van der Waals surface area contributed by atoms with E-state index >= 15 is 0 Å². The zero-order chi connectivity index (χ0) is 20.5. The van der Waals surface area contributed by atoms with Crippen molar-refractivity contribution in [2.75, 3.05) is 19.3 Å². The van der Waals surface area contributed by atoms with Crippen molar-refractivity contribution in [3.8, 4) is 0 Å². The van der Waals surface area contributed by atoms with E-state index < -0.39 is 25.9 Å². The van der Waals surface area contributed by atoms with Crippen LogP contribution in [0.2, 0.25) is 0 Å². The number of rotatable bonds is 6. The van der Waals surface area contributed by atoms with Crippen LogP contribution in [0.25, 0.3) is 0 Å². The summed E-state index contributed by atoms with van der Waals surface area (Å²) in [5.41, 5.74) is 6.17. The largest absolute Gasteiger partial charge is 0.341 e. The number of sulfone groups is 1. The number of hydrogen-bond acceptors (Lipinski definition) is 6. The summed E-state index contributed by atoms with van der Waals surface area (Å²) >= 11 is 0. The Labute approximate surface area is 166 Å². The summed E-state index contributed by atoms with van der Waals surface area (Å²) in [4.78, 5) is 14.4. The first-order valence-electron chi connectivity index (χ1n) is 9.45. The minimum atomic E-state index is -3.77. The third-order valence-electron chi connectivity index (χ3n) is 5.57. The molecule has 2 aliphatic rings. The molecule has 0 spiro atoms. The summed E-state index contributed by atoms with van der Waals surface area (Å²) < 4.78 is 50.9. The Bertz CT molecular complexity index is 922. The maximum atomic E-state index is 12.6. The molecule has 2 fully saturated rings. The molecule has 156 valence electrons. The van der Waals surface area contributed by atoms with Gasteiger partial charge in [0.2, 0.25) is 15.9 Å². The zero-order valence-corrected chi connectivity index (χ0v) is 17.5. The van der Waals surface area contributed by atoms with Crippen molar-refractivity contribution >= 4 is 25.8 Å². The summed E-state index contributed by atoms with van der Waals surface area (Å²) in [6.07, 6.45) is 4.90. The molecule has 3 rings (SSSR count). The fourth-order valence-electron chi connectivity index (χ4n) is 3.95. The van der Waals surface area contributed by atoms with Gasteiger partial charge >= 0.3 is 0 Å². The molecule has 0 radical (unpaired) electrons. The Hall–Kier alpha value is -1.49. The second kappa shape index (κ2) is 8.10. The van der Waals surface area contributed by atoms with Crippen LogP contribution in [0.1, 0.15) is 32.1 Å². The highest BCUT2D eigenvalue weighted by Gasteiger charge is 2.36. The molecular formula is C18H27N3O5S2. The van der Waals surface area contributed by atoms with Crippen molar-refractivity contribution in [3.63, 3.8) is 0 Å². The standard InChI is InChI=1S/C18H27N3O5S2/c1-27(23,24)15-6-8-16(9-7-15)28(25,26)20-14-5-4-13(12-14)17(19)18(22)21-10-2-3-11-21/h6-9,13-14,17,20H,2-5,10-12,19H2,1H3/t13-,14-,17?/m1/s1. The number of nitrogens with one attached hydrogen (secondary N) is 1. The predicted octanol–water partition coefficient (Wildman–Crippen LogP) is 0.487. The van der Waals surface area contributed by atoms with Gasteiger partial charge in [-0.1, -0.05) is 0 Å². The van der Waals surface area contributed by atoms with E-state index in [0.717, 1.165) is 32.2 Å². The van der Waals surface area contributed by atoms with Crippen LogP contribution in [0.3, 0.4) is 0 Å². The van der Waals surface area contributed by atoms with E-state index in [1.165, 1.54) is 24.3 Å². The van der Waals surface area contributed by atoms with Crippen LogP contribution < -0.4 is 10.5 Å². The molecule has 1 saturated carbocycles. The van der Waals surface area contributed by atoms with Gasteiger partial charge in [0, 0.05) is 25.4 Å². The number of amides is 1. The molecule has 1 saturated heterocycles. The molecule has 1 aliphatic carbocycles. The van der Waals surface area contributed by atoms with Crippen LogP contribution in [0.5, 0.6) is 0 Å². The molecule has 1 aromatic carbocycles. The van der Waals surface area contributed by atoms with Crippen molar-refractivity contribution < 1.29 is 21.6 Å². The smallest absolute Gasteiger partial charge is 0.240 e. The van der Waals surface area contributed by atoms with Crippen LogP contribution in [-0.4, -0.2) is 59.1 Å². The lowest BCUT2D eigenvalue weighted by molar-refractivity contribution is -0.132. The Kier molecular flexibility index (Phi) is 6.14. The molecule has 1 aromatic rings. The zero-order valence-electron chi connectivity index (χ0n) is 15.9. The maximum absolute atomic E-state index is 12.6. The third-order valence-corrected chi connectivity index (χ3v) is 8.23. The summed E-state index contributed by atoms with van der Waals surface area (Å²) in [6.45, 7) is 1.50. The van der Waals surface area contributed by atoms with Gasteiger partial charge in [0.15, 0.2) is 9.84 Å². The summed E-state index contributed by atoms with van der Waals surface area (Å²) in [6, 6.07) is 4.25. The fraction of sp³-hybridized carbons (Fsp3) is 0.611. The van der Waals surface area contributed by atoms with E-state index in [1.54, 1.807) is 4.90 Å². The van der Waals surface area contributed by atoms with Crippen molar-refractivity contribution in [1.82, 2.24) is 9.62 Å². The van der Waals surface area contributed by atoms with Crippen LogP contribution >= 0.6 is 0 Å². The molecule has 1 unspecified atom stereocenters. The normalized spacial score (nSPS) is 24.4. The minimum Gasteiger partial charge on any atom is -0.341 e. The second-order valence-corrected chi connectivity index (χ2v) is 11.4. The van der Waals surface area contributed by atoms with Gasteiger partial charge in [0.1, 0.15) is 0 Å². The maximum Gasteiger partial charge on any atom is 0.240 e.